The average Bonchev–Trinajstić information content (AvgIpc) is 2.28. The summed E-state index contributed by atoms with van der Waals surface area (Å²) in [5.74, 6) is 0.859. The van der Waals surface area contributed by atoms with Crippen molar-refractivity contribution in [3.05, 3.63) is 51.2 Å². The van der Waals surface area contributed by atoms with Crippen molar-refractivity contribution >= 4 is 49.3 Å². The molecule has 0 aliphatic heterocycles. The van der Waals surface area contributed by atoms with Gasteiger partial charge >= 0.3 is 0 Å². The van der Waals surface area contributed by atoms with Crippen LogP contribution < -0.4 is 5.73 Å². The number of nitrogen functional groups attached to an aromatic ring is 1. The SMILES string of the molecule is Nc1cc(Br)ccc1SCc1cncc(Br)c1. The lowest BCUT2D eigenvalue weighted by Crippen LogP contribution is -1.89. The molecule has 2 N–H and O–H groups in total. The number of aromatic nitrogens is 1. The maximum atomic E-state index is 5.94. The van der Waals surface area contributed by atoms with Crippen LogP contribution in [0.4, 0.5) is 5.69 Å². The molecule has 2 aromatic rings. The van der Waals surface area contributed by atoms with Crippen LogP contribution in [-0.4, -0.2) is 4.98 Å². The Labute approximate surface area is 121 Å². The van der Waals surface area contributed by atoms with Crippen LogP contribution in [-0.2, 0) is 5.75 Å². The normalized spacial score (nSPS) is 10.5. The molecule has 0 bridgehead atoms. The molecule has 88 valence electrons. The van der Waals surface area contributed by atoms with Crippen molar-refractivity contribution in [2.24, 2.45) is 0 Å². The van der Waals surface area contributed by atoms with Crippen LogP contribution in [0.1, 0.15) is 5.56 Å². The highest BCUT2D eigenvalue weighted by Crippen LogP contribution is 2.30. The Hall–Kier alpha value is -0.520. The van der Waals surface area contributed by atoms with Gasteiger partial charge in [0.05, 0.1) is 0 Å². The third-order valence-electron chi connectivity index (χ3n) is 2.13. The smallest absolute Gasteiger partial charge is 0.0463 e. The number of nitrogens with zero attached hydrogens (tertiary/aromatic N) is 1. The largest absolute Gasteiger partial charge is 0.398 e. The summed E-state index contributed by atoms with van der Waals surface area (Å²) in [7, 11) is 0. The molecule has 1 aromatic heterocycles. The van der Waals surface area contributed by atoms with Gasteiger partial charge in [-0.1, -0.05) is 15.9 Å². The van der Waals surface area contributed by atoms with Gasteiger partial charge in [-0.2, -0.15) is 0 Å². The summed E-state index contributed by atoms with van der Waals surface area (Å²) in [5.41, 5.74) is 7.91. The molecular weight excluding hydrogens is 364 g/mol. The molecule has 1 aromatic carbocycles. The summed E-state index contributed by atoms with van der Waals surface area (Å²) in [6.45, 7) is 0. The van der Waals surface area contributed by atoms with E-state index in [1.165, 1.54) is 5.56 Å². The summed E-state index contributed by atoms with van der Waals surface area (Å²) in [4.78, 5) is 5.22. The maximum Gasteiger partial charge on any atom is 0.0463 e. The molecule has 2 rings (SSSR count). The average molecular weight is 374 g/mol. The number of thioether (sulfide) groups is 1. The van der Waals surface area contributed by atoms with E-state index in [9.17, 15) is 0 Å². The Bertz CT molecular complexity index is 532. The number of hydrogen-bond donors (Lipinski definition) is 1. The lowest BCUT2D eigenvalue weighted by atomic mass is 10.3. The molecule has 0 fully saturated rings. The zero-order valence-corrected chi connectivity index (χ0v) is 12.8. The first-order valence-corrected chi connectivity index (χ1v) is 7.49. The van der Waals surface area contributed by atoms with Crippen molar-refractivity contribution in [2.45, 2.75) is 10.6 Å². The van der Waals surface area contributed by atoms with Crippen LogP contribution >= 0.6 is 43.6 Å². The minimum Gasteiger partial charge on any atom is -0.398 e. The zero-order chi connectivity index (χ0) is 12.3. The van der Waals surface area contributed by atoms with Gasteiger partial charge < -0.3 is 5.73 Å². The van der Waals surface area contributed by atoms with Gasteiger partial charge in [-0.15, -0.1) is 11.8 Å². The van der Waals surface area contributed by atoms with Crippen molar-refractivity contribution in [3.63, 3.8) is 0 Å². The second-order valence-corrected chi connectivity index (χ2v) is 6.33. The molecule has 0 atom stereocenters. The van der Waals surface area contributed by atoms with E-state index in [-0.39, 0.29) is 0 Å². The maximum absolute atomic E-state index is 5.94. The molecule has 0 aliphatic rings. The van der Waals surface area contributed by atoms with E-state index < -0.39 is 0 Å². The Morgan fingerprint density at radius 2 is 1.94 bits per heavy atom. The first kappa shape index (κ1) is 12.9. The van der Waals surface area contributed by atoms with E-state index >= 15 is 0 Å². The van der Waals surface area contributed by atoms with E-state index in [1.54, 1.807) is 18.0 Å². The van der Waals surface area contributed by atoms with E-state index in [0.717, 1.165) is 25.3 Å². The van der Waals surface area contributed by atoms with E-state index in [4.69, 9.17) is 5.73 Å². The molecule has 0 radical (unpaired) electrons. The van der Waals surface area contributed by atoms with Gasteiger partial charge in [-0.25, -0.2) is 0 Å². The quantitative estimate of drug-likeness (QED) is 0.636. The summed E-state index contributed by atoms with van der Waals surface area (Å²) >= 11 is 8.52. The van der Waals surface area contributed by atoms with Gasteiger partial charge in [0, 0.05) is 37.7 Å². The Balaban J connectivity index is 2.07. The number of anilines is 1. The fourth-order valence-corrected chi connectivity index (χ4v) is 3.01. The third kappa shape index (κ3) is 3.72. The molecule has 17 heavy (non-hydrogen) atoms. The monoisotopic (exact) mass is 372 g/mol. The number of pyridine rings is 1. The lowest BCUT2D eigenvalue weighted by molar-refractivity contribution is 1.23. The van der Waals surface area contributed by atoms with Crippen LogP contribution in [0, 0.1) is 0 Å². The summed E-state index contributed by atoms with van der Waals surface area (Å²) in [5, 5.41) is 0. The fourth-order valence-electron chi connectivity index (χ4n) is 1.35. The highest BCUT2D eigenvalue weighted by molar-refractivity contribution is 9.10. The Morgan fingerprint density at radius 1 is 1.12 bits per heavy atom. The van der Waals surface area contributed by atoms with Gasteiger partial charge in [0.15, 0.2) is 0 Å². The molecule has 0 spiro atoms. The fraction of sp³-hybridized carbons (Fsp3) is 0.0833. The highest BCUT2D eigenvalue weighted by atomic mass is 79.9. The van der Waals surface area contributed by atoms with Crippen LogP contribution in [0.2, 0.25) is 0 Å². The molecule has 0 amide bonds. The number of nitrogens with two attached hydrogens (primary N) is 1. The van der Waals surface area contributed by atoms with Crippen LogP contribution in [0.3, 0.4) is 0 Å². The summed E-state index contributed by atoms with van der Waals surface area (Å²) < 4.78 is 2.00. The molecule has 1 heterocycles. The van der Waals surface area contributed by atoms with Crippen molar-refractivity contribution in [3.8, 4) is 0 Å². The summed E-state index contributed by atoms with van der Waals surface area (Å²) in [6, 6.07) is 8.00. The van der Waals surface area contributed by atoms with Crippen molar-refractivity contribution < 1.29 is 0 Å². The van der Waals surface area contributed by atoms with Crippen molar-refractivity contribution in [2.75, 3.05) is 5.73 Å². The molecule has 0 saturated heterocycles. The van der Waals surface area contributed by atoms with Gasteiger partial charge in [0.1, 0.15) is 0 Å². The Kier molecular flexibility index (Phi) is 4.48. The number of benzene rings is 1. The molecular formula is C12H10Br2N2S. The third-order valence-corrected chi connectivity index (χ3v) is 4.22. The van der Waals surface area contributed by atoms with Gasteiger partial charge in [-0.05, 0) is 45.8 Å². The number of rotatable bonds is 3. The Morgan fingerprint density at radius 3 is 2.65 bits per heavy atom. The predicted molar refractivity (Wildman–Crippen MR) is 80.1 cm³/mol. The van der Waals surface area contributed by atoms with Gasteiger partial charge in [0.2, 0.25) is 0 Å². The van der Waals surface area contributed by atoms with E-state index in [2.05, 4.69) is 42.9 Å². The first-order valence-electron chi connectivity index (χ1n) is 4.92. The molecule has 5 heteroatoms. The predicted octanol–water partition coefficient (Wildman–Crippen LogP) is 4.48. The standard InChI is InChI=1S/C12H10Br2N2S/c13-9-1-2-12(11(15)4-9)17-7-8-3-10(14)6-16-5-8/h1-6H,7,15H2. The van der Waals surface area contributed by atoms with Crippen molar-refractivity contribution in [1.82, 2.24) is 4.98 Å². The van der Waals surface area contributed by atoms with Crippen LogP contribution in [0.25, 0.3) is 0 Å². The second kappa shape index (κ2) is 5.89. The lowest BCUT2D eigenvalue weighted by Gasteiger charge is -2.06. The van der Waals surface area contributed by atoms with Gasteiger partial charge in [-0.3, -0.25) is 4.98 Å². The molecule has 0 saturated carbocycles. The topological polar surface area (TPSA) is 38.9 Å². The number of hydrogen-bond acceptors (Lipinski definition) is 3. The zero-order valence-electron chi connectivity index (χ0n) is 8.86. The van der Waals surface area contributed by atoms with Crippen LogP contribution in [0.15, 0.2) is 50.5 Å². The minimum atomic E-state index is 0.798. The van der Waals surface area contributed by atoms with E-state index in [1.807, 2.05) is 24.4 Å². The second-order valence-electron chi connectivity index (χ2n) is 3.48. The van der Waals surface area contributed by atoms with Crippen molar-refractivity contribution in [1.29, 1.82) is 0 Å². The highest BCUT2D eigenvalue weighted by Gasteiger charge is 2.02. The van der Waals surface area contributed by atoms with Gasteiger partial charge in [0.25, 0.3) is 0 Å². The number of halogens is 2. The van der Waals surface area contributed by atoms with E-state index in [0.29, 0.717) is 0 Å². The first-order chi connectivity index (χ1) is 8.15. The molecule has 0 aliphatic carbocycles. The molecule has 0 unspecified atom stereocenters. The molecule has 2 nitrogen and oxygen atoms in total. The minimum absolute atomic E-state index is 0.798. The van der Waals surface area contributed by atoms with Crippen LogP contribution in [0.5, 0.6) is 0 Å². The summed E-state index contributed by atoms with van der Waals surface area (Å²) in [6.07, 6.45) is 3.65.